The van der Waals surface area contributed by atoms with Crippen LogP contribution in [0, 0.1) is 0 Å². The van der Waals surface area contributed by atoms with Crippen LogP contribution in [0.3, 0.4) is 0 Å². The van der Waals surface area contributed by atoms with Gasteiger partial charge in [0, 0.05) is 6.54 Å². The van der Waals surface area contributed by atoms with E-state index in [4.69, 9.17) is 11.6 Å². The highest BCUT2D eigenvalue weighted by atomic mass is 79.9. The van der Waals surface area contributed by atoms with Crippen molar-refractivity contribution in [2.24, 2.45) is 0 Å². The summed E-state index contributed by atoms with van der Waals surface area (Å²) in [6, 6.07) is 3.81. The van der Waals surface area contributed by atoms with Gasteiger partial charge in [-0.2, -0.15) is 0 Å². The lowest BCUT2D eigenvalue weighted by atomic mass is 10.3. The molecule has 0 aliphatic heterocycles. The topological polar surface area (TPSA) is 24.9 Å². The first-order chi connectivity index (χ1) is 5.24. The summed E-state index contributed by atoms with van der Waals surface area (Å²) in [6.45, 7) is 0.743. The van der Waals surface area contributed by atoms with Crippen LogP contribution in [0.25, 0.3) is 0 Å². The molecule has 0 unspecified atom stereocenters. The van der Waals surface area contributed by atoms with Crippen molar-refractivity contribution >= 4 is 27.5 Å². The van der Waals surface area contributed by atoms with Gasteiger partial charge in [-0.25, -0.2) is 4.98 Å². The molecule has 0 bridgehead atoms. The molecule has 11 heavy (non-hydrogen) atoms. The molecule has 1 aromatic heterocycles. The van der Waals surface area contributed by atoms with E-state index in [-0.39, 0.29) is 0 Å². The number of nitrogens with one attached hydrogen (secondary N) is 1. The lowest BCUT2D eigenvalue weighted by Crippen LogP contribution is -2.06. The third-order valence-corrected chi connectivity index (χ3v) is 2.38. The summed E-state index contributed by atoms with van der Waals surface area (Å²) in [5.41, 5.74) is 0.945. The van der Waals surface area contributed by atoms with E-state index >= 15 is 0 Å². The summed E-state index contributed by atoms with van der Waals surface area (Å²) >= 11 is 9.03. The Morgan fingerprint density at radius 2 is 2.36 bits per heavy atom. The van der Waals surface area contributed by atoms with Crippen LogP contribution in [0.15, 0.2) is 16.6 Å². The van der Waals surface area contributed by atoms with Gasteiger partial charge in [0.05, 0.1) is 10.2 Å². The molecule has 0 fully saturated rings. The quantitative estimate of drug-likeness (QED) is 0.795. The van der Waals surface area contributed by atoms with E-state index in [2.05, 4.69) is 26.2 Å². The molecule has 0 amide bonds. The number of hydrogen-bond acceptors (Lipinski definition) is 2. The van der Waals surface area contributed by atoms with Crippen molar-refractivity contribution in [2.45, 2.75) is 6.54 Å². The molecule has 1 rings (SSSR count). The third kappa shape index (κ3) is 2.43. The average Bonchev–Trinajstić information content (AvgIpc) is 1.98. The minimum Gasteiger partial charge on any atom is -0.314 e. The predicted octanol–water partition coefficient (Wildman–Crippen LogP) is 2.22. The van der Waals surface area contributed by atoms with Crippen molar-refractivity contribution in [1.29, 1.82) is 0 Å². The zero-order valence-corrected chi connectivity index (χ0v) is 8.41. The number of hydrogen-bond donors (Lipinski definition) is 1. The van der Waals surface area contributed by atoms with Gasteiger partial charge in [0.2, 0.25) is 0 Å². The van der Waals surface area contributed by atoms with Gasteiger partial charge in [-0.05, 0) is 35.1 Å². The Bertz CT molecular complexity index is 252. The Kier molecular flexibility index (Phi) is 3.30. The van der Waals surface area contributed by atoms with Gasteiger partial charge in [-0.3, -0.25) is 0 Å². The number of aromatic nitrogens is 1. The highest BCUT2D eigenvalue weighted by Crippen LogP contribution is 2.19. The van der Waals surface area contributed by atoms with E-state index in [9.17, 15) is 0 Å². The van der Waals surface area contributed by atoms with Crippen LogP contribution in [0.5, 0.6) is 0 Å². The fourth-order valence-electron chi connectivity index (χ4n) is 0.734. The number of nitrogens with zero attached hydrogens (tertiary/aromatic N) is 1. The lowest BCUT2D eigenvalue weighted by molar-refractivity contribution is 0.791. The maximum absolute atomic E-state index is 5.76. The zero-order chi connectivity index (χ0) is 8.27. The molecule has 1 aromatic rings. The molecule has 2 nitrogen and oxygen atoms in total. The molecule has 0 aromatic carbocycles. The summed E-state index contributed by atoms with van der Waals surface area (Å²) in [6.07, 6.45) is 0. The largest absolute Gasteiger partial charge is 0.314 e. The molecular weight excluding hydrogens is 227 g/mol. The van der Waals surface area contributed by atoms with Crippen molar-refractivity contribution in [3.8, 4) is 0 Å². The van der Waals surface area contributed by atoms with E-state index in [0.717, 1.165) is 16.7 Å². The summed E-state index contributed by atoms with van der Waals surface area (Å²) in [4.78, 5) is 4.12. The Morgan fingerprint density at radius 1 is 1.64 bits per heavy atom. The molecule has 0 aliphatic rings. The van der Waals surface area contributed by atoms with Crippen molar-refractivity contribution < 1.29 is 0 Å². The first-order valence-corrected chi connectivity index (χ1v) is 4.36. The summed E-state index contributed by atoms with van der Waals surface area (Å²) in [5.74, 6) is 0. The monoisotopic (exact) mass is 234 g/mol. The molecule has 0 aliphatic carbocycles. The van der Waals surface area contributed by atoms with E-state index in [1.54, 1.807) is 0 Å². The Labute approximate surface area is 79.1 Å². The summed E-state index contributed by atoms with van der Waals surface area (Å²) < 4.78 is 0.832. The van der Waals surface area contributed by atoms with Gasteiger partial charge >= 0.3 is 0 Å². The van der Waals surface area contributed by atoms with Gasteiger partial charge in [0.1, 0.15) is 5.15 Å². The second-order valence-corrected chi connectivity index (χ2v) is 3.32. The number of pyridine rings is 1. The predicted molar refractivity (Wildman–Crippen MR) is 49.7 cm³/mol. The fourth-order valence-corrected chi connectivity index (χ4v) is 1.13. The van der Waals surface area contributed by atoms with Crippen LogP contribution in [-0.4, -0.2) is 12.0 Å². The summed E-state index contributed by atoms with van der Waals surface area (Å²) in [7, 11) is 1.87. The minimum absolute atomic E-state index is 0.512. The molecule has 1 heterocycles. The molecule has 0 atom stereocenters. The van der Waals surface area contributed by atoms with E-state index in [1.807, 2.05) is 19.2 Å². The standard InChI is InChI=1S/C7H8BrClN2/c1-10-4-5-2-3-6(8)7(9)11-5/h2-3,10H,4H2,1H3. The molecule has 4 heteroatoms. The van der Waals surface area contributed by atoms with Crippen molar-refractivity contribution in [1.82, 2.24) is 10.3 Å². The smallest absolute Gasteiger partial charge is 0.143 e. The third-order valence-electron chi connectivity index (χ3n) is 1.22. The maximum Gasteiger partial charge on any atom is 0.143 e. The van der Waals surface area contributed by atoms with Crippen LogP contribution < -0.4 is 5.32 Å². The average molecular weight is 236 g/mol. The number of halogens is 2. The second-order valence-electron chi connectivity index (χ2n) is 2.11. The Hall–Kier alpha value is -0.120. The normalized spacial score (nSPS) is 10.1. The maximum atomic E-state index is 5.76. The van der Waals surface area contributed by atoms with Gasteiger partial charge in [-0.15, -0.1) is 0 Å². The van der Waals surface area contributed by atoms with Crippen LogP contribution in [0.4, 0.5) is 0 Å². The van der Waals surface area contributed by atoms with Gasteiger partial charge < -0.3 is 5.32 Å². The van der Waals surface area contributed by atoms with Gasteiger partial charge in [0.25, 0.3) is 0 Å². The van der Waals surface area contributed by atoms with E-state index in [0.29, 0.717) is 5.15 Å². The molecule has 0 radical (unpaired) electrons. The van der Waals surface area contributed by atoms with E-state index < -0.39 is 0 Å². The molecular formula is C7H8BrClN2. The number of rotatable bonds is 2. The Morgan fingerprint density at radius 3 is 2.91 bits per heavy atom. The fraction of sp³-hybridized carbons (Fsp3) is 0.286. The van der Waals surface area contributed by atoms with Crippen LogP contribution in [-0.2, 0) is 6.54 Å². The van der Waals surface area contributed by atoms with E-state index in [1.165, 1.54) is 0 Å². The Balaban J connectivity index is 2.86. The summed E-state index contributed by atoms with van der Waals surface area (Å²) in [5, 5.41) is 3.51. The van der Waals surface area contributed by atoms with Crippen LogP contribution >= 0.6 is 27.5 Å². The van der Waals surface area contributed by atoms with Crippen LogP contribution in [0.1, 0.15) is 5.69 Å². The zero-order valence-electron chi connectivity index (χ0n) is 6.06. The molecule has 0 saturated heterocycles. The molecule has 0 spiro atoms. The van der Waals surface area contributed by atoms with Gasteiger partial charge in [0.15, 0.2) is 0 Å². The van der Waals surface area contributed by atoms with Crippen molar-refractivity contribution in [3.63, 3.8) is 0 Å². The van der Waals surface area contributed by atoms with Gasteiger partial charge in [-0.1, -0.05) is 11.6 Å². The minimum atomic E-state index is 0.512. The van der Waals surface area contributed by atoms with Crippen molar-refractivity contribution in [3.05, 3.63) is 27.5 Å². The first-order valence-electron chi connectivity index (χ1n) is 3.19. The highest BCUT2D eigenvalue weighted by Gasteiger charge is 1.98. The molecule has 1 N–H and O–H groups in total. The first kappa shape index (κ1) is 8.97. The second kappa shape index (κ2) is 4.04. The highest BCUT2D eigenvalue weighted by molar-refractivity contribution is 9.10. The SMILES string of the molecule is CNCc1ccc(Br)c(Cl)n1. The van der Waals surface area contributed by atoms with Crippen molar-refractivity contribution in [2.75, 3.05) is 7.05 Å². The molecule has 60 valence electrons. The van der Waals surface area contributed by atoms with Crippen LogP contribution in [0.2, 0.25) is 5.15 Å². The lowest BCUT2D eigenvalue weighted by Gasteiger charge is -2.00. The molecule has 0 saturated carbocycles.